The lowest BCUT2D eigenvalue weighted by Gasteiger charge is -2.38. The maximum atomic E-state index is 6.00. The Hall–Kier alpha value is -0.570. The molecule has 0 spiro atoms. The van der Waals surface area contributed by atoms with Crippen LogP contribution in [0.4, 0.5) is 0 Å². The van der Waals surface area contributed by atoms with Crippen molar-refractivity contribution in [1.29, 1.82) is 0 Å². The Bertz CT molecular complexity index is 419. The molecule has 0 saturated carbocycles. The molecule has 2 saturated heterocycles. The molecule has 0 aromatic heterocycles. The maximum absolute atomic E-state index is 6.00. The molecule has 2 bridgehead atoms. The number of benzene rings is 1. The van der Waals surface area contributed by atoms with Gasteiger partial charge in [-0.05, 0) is 49.8 Å². The molecule has 4 atom stereocenters. The molecule has 19 heavy (non-hydrogen) atoms. The summed E-state index contributed by atoms with van der Waals surface area (Å²) < 4.78 is 5.73. The fourth-order valence-corrected chi connectivity index (χ4v) is 3.84. The molecule has 1 N–H and O–H groups in total. The van der Waals surface area contributed by atoms with Gasteiger partial charge in [-0.3, -0.25) is 0 Å². The molecule has 104 valence electrons. The van der Waals surface area contributed by atoms with E-state index < -0.39 is 0 Å². The molecule has 3 heteroatoms. The third-order valence-corrected chi connectivity index (χ3v) is 4.91. The van der Waals surface area contributed by atoms with Crippen LogP contribution in [-0.4, -0.2) is 25.3 Å². The van der Waals surface area contributed by atoms with E-state index in [9.17, 15) is 0 Å². The topological polar surface area (TPSA) is 21.3 Å². The molecule has 0 unspecified atom stereocenters. The van der Waals surface area contributed by atoms with Crippen LogP contribution in [0, 0.1) is 5.92 Å². The highest BCUT2D eigenvalue weighted by Gasteiger charge is 2.41. The van der Waals surface area contributed by atoms with E-state index in [-0.39, 0.29) is 0 Å². The van der Waals surface area contributed by atoms with Crippen LogP contribution in [-0.2, 0) is 4.74 Å². The van der Waals surface area contributed by atoms with Gasteiger partial charge in [-0.15, -0.1) is 0 Å². The molecule has 2 fully saturated rings. The number of fused-ring (bicyclic) bond motifs is 2. The number of hydrogen-bond donors (Lipinski definition) is 1. The van der Waals surface area contributed by atoms with Crippen molar-refractivity contribution in [2.24, 2.45) is 5.92 Å². The summed E-state index contributed by atoms with van der Waals surface area (Å²) in [6.45, 7) is 3.75. The van der Waals surface area contributed by atoms with Crippen molar-refractivity contribution in [1.82, 2.24) is 5.32 Å². The van der Waals surface area contributed by atoms with Gasteiger partial charge < -0.3 is 10.1 Å². The van der Waals surface area contributed by atoms with Crippen LogP contribution in [0.5, 0.6) is 0 Å². The quantitative estimate of drug-likeness (QED) is 0.909. The highest BCUT2D eigenvalue weighted by Crippen LogP contribution is 2.42. The van der Waals surface area contributed by atoms with E-state index >= 15 is 0 Å². The predicted molar refractivity (Wildman–Crippen MR) is 78.7 cm³/mol. The molecule has 2 nitrogen and oxygen atoms in total. The van der Waals surface area contributed by atoms with E-state index in [4.69, 9.17) is 16.3 Å². The number of piperidine rings is 1. The predicted octanol–water partition coefficient (Wildman–Crippen LogP) is 3.60. The van der Waals surface area contributed by atoms with Gasteiger partial charge in [0.1, 0.15) is 0 Å². The second-order valence-corrected chi connectivity index (χ2v) is 6.20. The van der Waals surface area contributed by atoms with Gasteiger partial charge in [0.25, 0.3) is 0 Å². The lowest BCUT2D eigenvalue weighted by Crippen LogP contribution is -2.46. The molecular formula is C16H22ClNO. The summed E-state index contributed by atoms with van der Waals surface area (Å²) in [5.74, 6) is 1.21. The van der Waals surface area contributed by atoms with E-state index in [2.05, 4.69) is 24.4 Å². The van der Waals surface area contributed by atoms with Crippen molar-refractivity contribution < 1.29 is 4.74 Å². The molecule has 1 aromatic rings. The Morgan fingerprint density at radius 2 is 2.05 bits per heavy atom. The monoisotopic (exact) mass is 279 g/mol. The van der Waals surface area contributed by atoms with Crippen LogP contribution in [0.2, 0.25) is 5.02 Å². The second-order valence-electron chi connectivity index (χ2n) is 5.76. The van der Waals surface area contributed by atoms with Crippen LogP contribution in [0.1, 0.15) is 37.7 Å². The van der Waals surface area contributed by atoms with Gasteiger partial charge in [0, 0.05) is 29.6 Å². The van der Waals surface area contributed by atoms with E-state index in [0.717, 1.165) is 18.2 Å². The number of halogens is 1. The molecule has 3 rings (SSSR count). The third-order valence-electron chi connectivity index (χ3n) is 4.66. The van der Waals surface area contributed by atoms with Gasteiger partial charge >= 0.3 is 0 Å². The van der Waals surface area contributed by atoms with Crippen molar-refractivity contribution in [2.75, 3.05) is 13.2 Å². The van der Waals surface area contributed by atoms with Crippen LogP contribution >= 0.6 is 11.6 Å². The SMILES string of the molecule is CCOC[C@@H]1[C@@H](c2ccc(Cl)cc2)C[C@@H]2CC[C@H]1N2. The summed E-state index contributed by atoms with van der Waals surface area (Å²) in [4.78, 5) is 0. The summed E-state index contributed by atoms with van der Waals surface area (Å²) in [5.41, 5.74) is 1.42. The Morgan fingerprint density at radius 1 is 1.26 bits per heavy atom. The van der Waals surface area contributed by atoms with Gasteiger partial charge in [-0.2, -0.15) is 0 Å². The minimum atomic E-state index is 0.597. The first-order chi connectivity index (χ1) is 9.28. The molecule has 2 heterocycles. The van der Waals surface area contributed by atoms with Crippen molar-refractivity contribution in [3.63, 3.8) is 0 Å². The van der Waals surface area contributed by atoms with E-state index in [0.29, 0.717) is 23.9 Å². The highest BCUT2D eigenvalue weighted by atomic mass is 35.5. The second kappa shape index (κ2) is 5.82. The largest absolute Gasteiger partial charge is 0.381 e. The van der Waals surface area contributed by atoms with Gasteiger partial charge in [0.05, 0.1) is 6.61 Å². The summed E-state index contributed by atoms with van der Waals surface area (Å²) >= 11 is 6.00. The molecule has 0 amide bonds. The fourth-order valence-electron chi connectivity index (χ4n) is 3.71. The zero-order valence-corrected chi connectivity index (χ0v) is 12.2. The number of hydrogen-bond acceptors (Lipinski definition) is 2. The summed E-state index contributed by atoms with van der Waals surface area (Å²) in [6, 6.07) is 9.74. The van der Waals surface area contributed by atoms with Gasteiger partial charge in [0.2, 0.25) is 0 Å². The van der Waals surface area contributed by atoms with Crippen molar-refractivity contribution >= 4 is 11.6 Å². The lowest BCUT2D eigenvalue weighted by atomic mass is 9.77. The van der Waals surface area contributed by atoms with E-state index in [1.165, 1.54) is 24.8 Å². The molecule has 0 radical (unpaired) electrons. The molecule has 2 aliphatic heterocycles. The first kappa shape index (κ1) is 13.4. The minimum Gasteiger partial charge on any atom is -0.381 e. The Balaban J connectivity index is 1.81. The summed E-state index contributed by atoms with van der Waals surface area (Å²) in [5, 5.41) is 4.58. The first-order valence-corrected chi connectivity index (χ1v) is 7.75. The van der Waals surface area contributed by atoms with E-state index in [1.807, 2.05) is 12.1 Å². The standard InChI is InChI=1S/C16H22ClNO/c1-2-19-10-15-14(9-13-7-8-16(15)18-13)11-3-5-12(17)6-4-11/h3-6,13-16,18H,2,7-10H2,1H3/t13-,14+,15+,16+/m0/s1. The van der Waals surface area contributed by atoms with Gasteiger partial charge in [0.15, 0.2) is 0 Å². The lowest BCUT2D eigenvalue weighted by molar-refractivity contribution is 0.0723. The molecular weight excluding hydrogens is 258 g/mol. The Labute approximate surface area is 120 Å². The fraction of sp³-hybridized carbons (Fsp3) is 0.625. The summed E-state index contributed by atoms with van der Waals surface area (Å²) in [6.07, 6.45) is 3.85. The normalized spacial score (nSPS) is 33.6. The number of ether oxygens (including phenoxy) is 1. The maximum Gasteiger partial charge on any atom is 0.0514 e. The first-order valence-electron chi connectivity index (χ1n) is 7.37. The zero-order valence-electron chi connectivity index (χ0n) is 11.4. The molecule has 2 aliphatic rings. The van der Waals surface area contributed by atoms with Crippen molar-refractivity contribution in [2.45, 2.75) is 44.2 Å². The number of nitrogens with one attached hydrogen (secondary N) is 1. The van der Waals surface area contributed by atoms with Crippen molar-refractivity contribution in [3.8, 4) is 0 Å². The average Bonchev–Trinajstić information content (AvgIpc) is 2.81. The Morgan fingerprint density at radius 3 is 2.79 bits per heavy atom. The smallest absolute Gasteiger partial charge is 0.0514 e. The van der Waals surface area contributed by atoms with Crippen LogP contribution in [0.3, 0.4) is 0 Å². The Kier molecular flexibility index (Phi) is 4.11. The average molecular weight is 280 g/mol. The molecule has 0 aliphatic carbocycles. The molecule has 1 aromatic carbocycles. The number of rotatable bonds is 4. The van der Waals surface area contributed by atoms with Crippen molar-refractivity contribution in [3.05, 3.63) is 34.9 Å². The van der Waals surface area contributed by atoms with Gasteiger partial charge in [-0.1, -0.05) is 23.7 Å². The van der Waals surface area contributed by atoms with E-state index in [1.54, 1.807) is 0 Å². The highest BCUT2D eigenvalue weighted by molar-refractivity contribution is 6.30. The van der Waals surface area contributed by atoms with Crippen LogP contribution in [0.15, 0.2) is 24.3 Å². The van der Waals surface area contributed by atoms with Crippen LogP contribution < -0.4 is 5.32 Å². The van der Waals surface area contributed by atoms with Crippen LogP contribution in [0.25, 0.3) is 0 Å². The van der Waals surface area contributed by atoms with Gasteiger partial charge in [-0.25, -0.2) is 0 Å². The summed E-state index contributed by atoms with van der Waals surface area (Å²) in [7, 11) is 0. The zero-order chi connectivity index (χ0) is 13.2. The minimum absolute atomic E-state index is 0.597. The third kappa shape index (κ3) is 2.81.